The van der Waals surface area contributed by atoms with Crippen LogP contribution in [-0.4, -0.2) is 13.1 Å². The summed E-state index contributed by atoms with van der Waals surface area (Å²) in [5.74, 6) is 3.02. The summed E-state index contributed by atoms with van der Waals surface area (Å²) in [7, 11) is 0. The molecule has 0 atom stereocenters. The number of nitrogens with two attached hydrogens (primary N) is 2. The Morgan fingerprint density at radius 3 is 0.935 bits per heavy atom. The number of nitrogen functional groups attached to an aromatic ring is 2. The normalized spacial score (nSPS) is 10.2. The molecule has 0 radical (unpaired) electrons. The number of hydrogen-bond donors (Lipinski definition) is 2. The second-order valence-corrected chi connectivity index (χ2v) is 10.3. The Balaban J connectivity index is 0.00000240. The molecule has 4 N–H and O–H groups in total. The molecular weight excluding hydrogens is 663 g/mol. The van der Waals surface area contributed by atoms with E-state index in [1.807, 2.05) is 84.9 Å². The number of anilines is 6. The summed E-state index contributed by atoms with van der Waals surface area (Å²) in [5.41, 5.74) is 17.4. The zero-order valence-corrected chi connectivity index (χ0v) is 27.2. The average molecular weight is 700 g/mol. The van der Waals surface area contributed by atoms with Gasteiger partial charge in [-0.15, -0.1) is 0 Å². The van der Waals surface area contributed by atoms with E-state index in [1.54, 1.807) is 0 Å². The van der Waals surface area contributed by atoms with Gasteiger partial charge in [0.05, 0.1) is 0 Å². The Hall–Kier alpha value is -5.22. The molecular formula is C39H37N4O2Pd-. The summed E-state index contributed by atoms with van der Waals surface area (Å²) < 4.78 is 12.1. The van der Waals surface area contributed by atoms with E-state index in [0.29, 0.717) is 11.4 Å². The molecule has 0 aliphatic rings. The maximum Gasteiger partial charge on any atom is 0.127 e. The van der Waals surface area contributed by atoms with Gasteiger partial charge in [-0.2, -0.15) is 0 Å². The first kappa shape index (κ1) is 33.7. The summed E-state index contributed by atoms with van der Waals surface area (Å²) in [6.45, 7) is 1.47. The molecule has 0 fully saturated rings. The van der Waals surface area contributed by atoms with Crippen molar-refractivity contribution in [2.24, 2.45) is 0 Å². The van der Waals surface area contributed by atoms with Gasteiger partial charge in [0.25, 0.3) is 0 Å². The minimum atomic E-state index is 0. The minimum absolute atomic E-state index is 0. The molecule has 7 heteroatoms. The van der Waals surface area contributed by atoms with Gasteiger partial charge < -0.3 is 38.2 Å². The van der Waals surface area contributed by atoms with E-state index in [4.69, 9.17) is 20.9 Å². The van der Waals surface area contributed by atoms with Crippen molar-refractivity contribution < 1.29 is 29.9 Å². The quantitative estimate of drug-likeness (QED) is 0.0797. The molecule has 0 bridgehead atoms. The molecule has 0 saturated heterocycles. The first-order valence-electron chi connectivity index (χ1n) is 14.5. The van der Waals surface area contributed by atoms with Crippen LogP contribution in [0.1, 0.15) is 0 Å². The number of para-hydroxylation sites is 2. The van der Waals surface area contributed by atoms with Gasteiger partial charge >= 0.3 is 0 Å². The van der Waals surface area contributed by atoms with E-state index in [9.17, 15) is 0 Å². The first-order chi connectivity index (χ1) is 21.6. The Morgan fingerprint density at radius 2 is 0.630 bits per heavy atom. The molecule has 0 heterocycles. The molecule has 6 aromatic carbocycles. The van der Waals surface area contributed by atoms with Crippen molar-refractivity contribution in [3.05, 3.63) is 165 Å². The van der Waals surface area contributed by atoms with Gasteiger partial charge in [0.2, 0.25) is 0 Å². The van der Waals surface area contributed by atoms with Crippen molar-refractivity contribution in [2.45, 2.75) is 0 Å². The van der Waals surface area contributed by atoms with Crippen LogP contribution in [0.2, 0.25) is 0 Å². The van der Waals surface area contributed by atoms with Crippen molar-refractivity contribution in [1.29, 1.82) is 0 Å². The third-order valence-electron chi connectivity index (χ3n) is 7.21. The summed E-state index contributed by atoms with van der Waals surface area (Å²) in [6.07, 6.45) is 0. The molecule has 0 aliphatic heterocycles. The third-order valence-corrected chi connectivity index (χ3v) is 7.21. The molecule has 6 aromatic rings. The predicted octanol–water partition coefficient (Wildman–Crippen LogP) is 9.86. The van der Waals surface area contributed by atoms with Crippen molar-refractivity contribution >= 4 is 34.1 Å². The van der Waals surface area contributed by atoms with Crippen LogP contribution in [0, 0.1) is 7.43 Å². The van der Waals surface area contributed by atoms with Gasteiger partial charge in [-0.1, -0.05) is 36.4 Å². The fourth-order valence-electron chi connectivity index (χ4n) is 4.96. The Kier molecular flexibility index (Phi) is 11.9. The zero-order chi connectivity index (χ0) is 30.1. The zero-order valence-electron chi connectivity index (χ0n) is 25.6. The Morgan fingerprint density at radius 1 is 0.370 bits per heavy atom. The van der Waals surface area contributed by atoms with E-state index in [0.717, 1.165) is 58.8 Å². The third kappa shape index (κ3) is 8.70. The maximum absolute atomic E-state index is 6.04. The van der Waals surface area contributed by atoms with Gasteiger partial charge in [0, 0.05) is 67.6 Å². The summed E-state index contributed by atoms with van der Waals surface area (Å²) in [6, 6.07) is 52.0. The summed E-state index contributed by atoms with van der Waals surface area (Å²) in [4.78, 5) is 4.64. The van der Waals surface area contributed by atoms with Crippen LogP contribution in [0.25, 0.3) is 0 Å². The van der Waals surface area contributed by atoms with Gasteiger partial charge in [-0.3, -0.25) is 0 Å². The van der Waals surface area contributed by atoms with E-state index in [1.165, 1.54) is 0 Å². The molecule has 0 amide bonds. The monoisotopic (exact) mass is 699 g/mol. The van der Waals surface area contributed by atoms with E-state index >= 15 is 0 Å². The van der Waals surface area contributed by atoms with E-state index in [2.05, 4.69) is 82.6 Å². The predicted molar refractivity (Wildman–Crippen MR) is 188 cm³/mol. The Bertz CT molecular complexity index is 1610. The van der Waals surface area contributed by atoms with Crippen molar-refractivity contribution in [2.75, 3.05) is 34.4 Å². The van der Waals surface area contributed by atoms with E-state index < -0.39 is 0 Å². The van der Waals surface area contributed by atoms with Crippen LogP contribution in [0.5, 0.6) is 23.0 Å². The van der Waals surface area contributed by atoms with Crippen molar-refractivity contribution in [3.8, 4) is 23.0 Å². The number of nitrogens with zero attached hydrogens (tertiary/aromatic N) is 2. The van der Waals surface area contributed by atoms with Crippen LogP contribution in [0.3, 0.4) is 0 Å². The van der Waals surface area contributed by atoms with Crippen LogP contribution >= 0.6 is 0 Å². The molecule has 46 heavy (non-hydrogen) atoms. The smallest absolute Gasteiger partial charge is 0.127 e. The topological polar surface area (TPSA) is 77.0 Å². The minimum Gasteiger partial charge on any atom is -0.457 e. The Labute approximate surface area is 285 Å². The number of benzene rings is 6. The summed E-state index contributed by atoms with van der Waals surface area (Å²) >= 11 is 0. The average Bonchev–Trinajstić information content (AvgIpc) is 3.07. The fraction of sp³-hybridized carbons (Fsp3) is 0.0513. The molecule has 236 valence electrons. The second kappa shape index (κ2) is 16.2. The number of rotatable bonds is 11. The van der Waals surface area contributed by atoms with Gasteiger partial charge in [0.1, 0.15) is 23.0 Å². The largest absolute Gasteiger partial charge is 0.457 e. The first-order valence-corrected chi connectivity index (χ1v) is 14.5. The molecule has 6 nitrogen and oxygen atoms in total. The van der Waals surface area contributed by atoms with Crippen LogP contribution in [0.4, 0.5) is 34.1 Å². The van der Waals surface area contributed by atoms with Gasteiger partial charge in [-0.25, -0.2) is 0 Å². The molecule has 0 aliphatic carbocycles. The summed E-state index contributed by atoms with van der Waals surface area (Å²) in [5, 5.41) is 0. The van der Waals surface area contributed by atoms with Gasteiger partial charge in [-0.05, 0) is 121 Å². The fourth-order valence-corrected chi connectivity index (χ4v) is 4.96. The van der Waals surface area contributed by atoms with Crippen molar-refractivity contribution in [3.63, 3.8) is 0 Å². The number of hydrogen-bond acceptors (Lipinski definition) is 6. The standard InChI is InChI=1S/C38H34N4O2.CH3.Pd/c39-29-11-19-35(20-12-29)43-37-23-15-33(16-24-37)41(31-7-3-1-4-8-31)27-28-42(32-9-5-2-6-10-32)34-17-25-38(26-18-34)44-36-21-13-30(40)14-22-36;;/h1-26H,27-28,39-40H2;1H3;/q;-1;. The van der Waals surface area contributed by atoms with Crippen molar-refractivity contribution in [1.82, 2.24) is 0 Å². The van der Waals surface area contributed by atoms with Gasteiger partial charge in [0.15, 0.2) is 0 Å². The maximum atomic E-state index is 6.04. The molecule has 0 unspecified atom stereocenters. The molecule has 0 aromatic heterocycles. The molecule has 0 saturated carbocycles. The SMILES string of the molecule is Nc1ccc(Oc2ccc(N(CCN(c3ccccc3)c3ccc(Oc4ccc(N)cc4)cc3)c3ccccc3)cc2)cc1.[CH3-].[Pd]. The molecule has 6 rings (SSSR count). The van der Waals surface area contributed by atoms with E-state index in [-0.39, 0.29) is 27.8 Å². The van der Waals surface area contributed by atoms with Crippen LogP contribution < -0.4 is 30.7 Å². The second-order valence-electron chi connectivity index (χ2n) is 10.3. The van der Waals surface area contributed by atoms with Crippen LogP contribution in [-0.2, 0) is 20.4 Å². The van der Waals surface area contributed by atoms with Crippen LogP contribution in [0.15, 0.2) is 158 Å². The molecule has 0 spiro atoms. The number of ether oxygens (including phenoxy) is 2.